The van der Waals surface area contributed by atoms with E-state index in [0.29, 0.717) is 23.9 Å². The number of aromatic hydroxyl groups is 1. The molecule has 1 aromatic heterocycles. The van der Waals surface area contributed by atoms with Crippen LogP contribution in [-0.4, -0.2) is 27.3 Å². The third kappa shape index (κ3) is 4.04. The second kappa shape index (κ2) is 5.85. The molecule has 0 aliphatic heterocycles. The van der Waals surface area contributed by atoms with E-state index in [2.05, 4.69) is 36.2 Å². The van der Waals surface area contributed by atoms with Gasteiger partial charge in [-0.15, -0.1) is 0 Å². The molecule has 0 fully saturated rings. The molecule has 0 radical (unpaired) electrons. The minimum Gasteiger partial charge on any atom is -0.507 e. The van der Waals surface area contributed by atoms with Crippen molar-refractivity contribution in [1.29, 1.82) is 0 Å². The average molecular weight is 289 g/mol. The highest BCUT2D eigenvalue weighted by Gasteiger charge is 2.13. The Morgan fingerprint density at radius 3 is 2.38 bits per heavy atom. The topological polar surface area (TPSA) is 71.2 Å². The highest BCUT2D eigenvalue weighted by molar-refractivity contribution is 5.60. The van der Waals surface area contributed by atoms with Crippen LogP contribution in [0.1, 0.15) is 37.8 Å². The Balaban J connectivity index is 2.10. The minimum absolute atomic E-state index is 0.0774. The first-order valence-corrected chi connectivity index (χ1v) is 7.14. The standard InChI is InChI=1S/C16H23N3O2/c1-10-8-12(9-11(2)14(10)20)15-18-13(21-19-15)6-7-17-16(3,4)5/h8-9,17,20H,6-7H2,1-5H3. The molecule has 5 nitrogen and oxygen atoms in total. The van der Waals surface area contributed by atoms with Gasteiger partial charge in [-0.05, 0) is 57.9 Å². The van der Waals surface area contributed by atoms with E-state index in [4.69, 9.17) is 4.52 Å². The number of benzene rings is 1. The maximum absolute atomic E-state index is 9.80. The van der Waals surface area contributed by atoms with Gasteiger partial charge < -0.3 is 14.9 Å². The van der Waals surface area contributed by atoms with Crippen LogP contribution in [-0.2, 0) is 6.42 Å². The van der Waals surface area contributed by atoms with Crippen molar-refractivity contribution in [3.8, 4) is 17.1 Å². The van der Waals surface area contributed by atoms with Crippen LogP contribution in [0.2, 0.25) is 0 Å². The summed E-state index contributed by atoms with van der Waals surface area (Å²) in [6.45, 7) is 10.9. The summed E-state index contributed by atoms with van der Waals surface area (Å²) < 4.78 is 5.28. The van der Waals surface area contributed by atoms with Crippen LogP contribution in [0.25, 0.3) is 11.4 Å². The Morgan fingerprint density at radius 2 is 1.81 bits per heavy atom. The van der Waals surface area contributed by atoms with E-state index in [-0.39, 0.29) is 5.54 Å². The molecule has 0 saturated heterocycles. The van der Waals surface area contributed by atoms with E-state index in [1.807, 2.05) is 26.0 Å². The first-order valence-electron chi connectivity index (χ1n) is 7.14. The van der Waals surface area contributed by atoms with Gasteiger partial charge in [0.15, 0.2) is 0 Å². The van der Waals surface area contributed by atoms with Crippen LogP contribution in [0.3, 0.4) is 0 Å². The molecule has 2 N–H and O–H groups in total. The van der Waals surface area contributed by atoms with Crippen molar-refractivity contribution in [2.24, 2.45) is 0 Å². The lowest BCUT2D eigenvalue weighted by Gasteiger charge is -2.19. The molecule has 2 rings (SSSR count). The maximum Gasteiger partial charge on any atom is 0.228 e. The summed E-state index contributed by atoms with van der Waals surface area (Å²) in [4.78, 5) is 4.41. The number of rotatable bonds is 4. The Labute approximate surface area is 125 Å². The van der Waals surface area contributed by atoms with Gasteiger partial charge in [-0.25, -0.2) is 0 Å². The lowest BCUT2D eigenvalue weighted by molar-refractivity contribution is 0.362. The number of nitrogens with one attached hydrogen (secondary N) is 1. The van der Waals surface area contributed by atoms with Crippen molar-refractivity contribution in [3.05, 3.63) is 29.2 Å². The van der Waals surface area contributed by atoms with Crippen molar-refractivity contribution < 1.29 is 9.63 Å². The van der Waals surface area contributed by atoms with Crippen LogP contribution in [0.4, 0.5) is 0 Å². The van der Waals surface area contributed by atoms with Gasteiger partial charge in [0.05, 0.1) is 0 Å². The summed E-state index contributed by atoms with van der Waals surface area (Å²) in [6.07, 6.45) is 0.695. The number of hydrogen-bond donors (Lipinski definition) is 2. The summed E-state index contributed by atoms with van der Waals surface area (Å²) in [7, 11) is 0. The van der Waals surface area contributed by atoms with Crippen molar-refractivity contribution >= 4 is 0 Å². The Hall–Kier alpha value is -1.88. The predicted octanol–water partition coefficient (Wildman–Crippen LogP) is 2.99. The van der Waals surface area contributed by atoms with Crippen LogP contribution in [0.5, 0.6) is 5.75 Å². The summed E-state index contributed by atoms with van der Waals surface area (Å²) >= 11 is 0. The van der Waals surface area contributed by atoms with Gasteiger partial charge >= 0.3 is 0 Å². The molecule has 0 atom stereocenters. The third-order valence-electron chi connectivity index (χ3n) is 3.21. The van der Waals surface area contributed by atoms with Crippen LogP contribution < -0.4 is 5.32 Å². The summed E-state index contributed by atoms with van der Waals surface area (Å²) in [5.41, 5.74) is 2.56. The maximum atomic E-state index is 9.80. The van der Waals surface area contributed by atoms with Gasteiger partial charge in [0.2, 0.25) is 11.7 Å². The number of phenolic OH excluding ortho intramolecular Hbond substituents is 1. The van der Waals surface area contributed by atoms with E-state index in [9.17, 15) is 5.11 Å². The monoisotopic (exact) mass is 289 g/mol. The minimum atomic E-state index is 0.0774. The first-order chi connectivity index (χ1) is 9.76. The molecule has 0 spiro atoms. The van der Waals surface area contributed by atoms with E-state index < -0.39 is 0 Å². The first kappa shape index (κ1) is 15.5. The third-order valence-corrected chi connectivity index (χ3v) is 3.21. The number of hydrogen-bond acceptors (Lipinski definition) is 5. The van der Waals surface area contributed by atoms with E-state index in [1.54, 1.807) is 0 Å². The van der Waals surface area contributed by atoms with E-state index >= 15 is 0 Å². The number of aromatic nitrogens is 2. The SMILES string of the molecule is Cc1cc(-c2noc(CCNC(C)(C)C)n2)cc(C)c1O. The van der Waals surface area contributed by atoms with E-state index in [0.717, 1.165) is 23.2 Å². The molecule has 0 unspecified atom stereocenters. The zero-order valence-electron chi connectivity index (χ0n) is 13.3. The largest absolute Gasteiger partial charge is 0.507 e. The van der Waals surface area contributed by atoms with Crippen molar-refractivity contribution in [3.63, 3.8) is 0 Å². The average Bonchev–Trinajstić information content (AvgIpc) is 2.82. The highest BCUT2D eigenvalue weighted by atomic mass is 16.5. The van der Waals surface area contributed by atoms with Crippen molar-refractivity contribution in [2.75, 3.05) is 6.54 Å². The Morgan fingerprint density at radius 1 is 1.19 bits per heavy atom. The molecule has 21 heavy (non-hydrogen) atoms. The quantitative estimate of drug-likeness (QED) is 0.905. The zero-order valence-corrected chi connectivity index (χ0v) is 13.3. The molecule has 5 heteroatoms. The second-order valence-electron chi connectivity index (χ2n) is 6.40. The van der Waals surface area contributed by atoms with Gasteiger partial charge in [0.1, 0.15) is 5.75 Å². The fourth-order valence-electron chi connectivity index (χ4n) is 2.10. The molecule has 0 aliphatic carbocycles. The smallest absolute Gasteiger partial charge is 0.228 e. The molecule has 0 saturated carbocycles. The van der Waals surface area contributed by atoms with Crippen LogP contribution in [0, 0.1) is 13.8 Å². The van der Waals surface area contributed by atoms with Crippen molar-refractivity contribution in [2.45, 2.75) is 46.6 Å². The fraction of sp³-hybridized carbons (Fsp3) is 0.500. The molecule has 0 bridgehead atoms. The number of phenols is 1. The molecule has 114 valence electrons. The molecule has 1 aromatic carbocycles. The lowest BCUT2D eigenvalue weighted by Crippen LogP contribution is -2.37. The molecule has 0 amide bonds. The fourth-order valence-corrected chi connectivity index (χ4v) is 2.10. The van der Waals surface area contributed by atoms with Gasteiger partial charge in [-0.1, -0.05) is 5.16 Å². The molecule has 1 heterocycles. The van der Waals surface area contributed by atoms with Crippen molar-refractivity contribution in [1.82, 2.24) is 15.5 Å². The summed E-state index contributed by atoms with van der Waals surface area (Å²) in [6, 6.07) is 3.73. The van der Waals surface area contributed by atoms with Gasteiger partial charge in [-0.2, -0.15) is 4.98 Å². The molecule has 2 aromatic rings. The van der Waals surface area contributed by atoms with Gasteiger partial charge in [0, 0.05) is 24.1 Å². The lowest BCUT2D eigenvalue weighted by atomic mass is 10.1. The molecule has 0 aliphatic rings. The van der Waals surface area contributed by atoms with Gasteiger partial charge in [-0.3, -0.25) is 0 Å². The number of nitrogens with zero attached hydrogens (tertiary/aromatic N) is 2. The normalized spacial score (nSPS) is 11.9. The van der Waals surface area contributed by atoms with E-state index in [1.165, 1.54) is 0 Å². The van der Waals surface area contributed by atoms with Crippen LogP contribution >= 0.6 is 0 Å². The summed E-state index contributed by atoms with van der Waals surface area (Å²) in [5.74, 6) is 1.49. The molecular weight excluding hydrogens is 266 g/mol. The zero-order chi connectivity index (χ0) is 15.6. The Bertz CT molecular complexity index is 604. The molecular formula is C16H23N3O2. The van der Waals surface area contributed by atoms with Crippen LogP contribution in [0.15, 0.2) is 16.7 Å². The number of aryl methyl sites for hydroxylation is 2. The highest BCUT2D eigenvalue weighted by Crippen LogP contribution is 2.27. The second-order valence-corrected chi connectivity index (χ2v) is 6.40. The Kier molecular flexibility index (Phi) is 4.32. The summed E-state index contributed by atoms with van der Waals surface area (Å²) in [5, 5.41) is 17.2. The predicted molar refractivity (Wildman–Crippen MR) is 82.3 cm³/mol. The van der Waals surface area contributed by atoms with Gasteiger partial charge in [0.25, 0.3) is 0 Å².